The van der Waals surface area contributed by atoms with Crippen LogP contribution in [0.1, 0.15) is 35.7 Å². The lowest BCUT2D eigenvalue weighted by molar-refractivity contribution is -0.137. The number of piperidine rings is 1. The van der Waals surface area contributed by atoms with Gasteiger partial charge in [-0.1, -0.05) is 0 Å². The quantitative estimate of drug-likeness (QED) is 0.681. The predicted molar refractivity (Wildman–Crippen MR) is 109 cm³/mol. The molecule has 0 atom stereocenters. The minimum atomic E-state index is -4.48. The zero-order valence-corrected chi connectivity index (χ0v) is 17.1. The summed E-state index contributed by atoms with van der Waals surface area (Å²) in [7, 11) is 0. The Morgan fingerprint density at radius 2 is 1.59 bits per heavy atom. The topological polar surface area (TPSA) is 78.5 Å². The smallest absolute Gasteiger partial charge is 0.339 e. The summed E-state index contributed by atoms with van der Waals surface area (Å²) in [6.45, 7) is 1.79. The monoisotopic (exact) mass is 451 g/mol. The van der Waals surface area contributed by atoms with Crippen LogP contribution in [0.3, 0.4) is 0 Å². The third-order valence-electron chi connectivity index (χ3n) is 5.16. The SMILES string of the molecule is CC(=O)Nc1ccc(F)c(NC(=O)C2CCN(C(=O)c3ccc(C(F)(F)F)cc3)CC2)c1. The highest BCUT2D eigenvalue weighted by Gasteiger charge is 2.31. The highest BCUT2D eigenvalue weighted by atomic mass is 19.4. The number of halogens is 4. The van der Waals surface area contributed by atoms with E-state index in [2.05, 4.69) is 10.6 Å². The van der Waals surface area contributed by atoms with Gasteiger partial charge in [-0.2, -0.15) is 13.2 Å². The predicted octanol–water partition coefficient (Wildman–Crippen LogP) is 4.29. The van der Waals surface area contributed by atoms with E-state index in [1.165, 1.54) is 24.0 Å². The second kappa shape index (κ2) is 9.37. The maximum atomic E-state index is 14.0. The van der Waals surface area contributed by atoms with Gasteiger partial charge < -0.3 is 15.5 Å². The molecule has 0 radical (unpaired) electrons. The summed E-state index contributed by atoms with van der Waals surface area (Å²) in [6, 6.07) is 7.81. The number of hydrogen-bond donors (Lipinski definition) is 2. The van der Waals surface area contributed by atoms with Crippen LogP contribution in [0, 0.1) is 11.7 Å². The van der Waals surface area contributed by atoms with Crippen molar-refractivity contribution in [2.24, 2.45) is 5.92 Å². The van der Waals surface area contributed by atoms with E-state index < -0.39 is 35.3 Å². The Kier molecular flexibility index (Phi) is 6.81. The summed E-state index contributed by atoms with van der Waals surface area (Å²) < 4.78 is 52.1. The first-order valence-electron chi connectivity index (χ1n) is 9.89. The second-order valence-corrected chi connectivity index (χ2v) is 7.51. The highest BCUT2D eigenvalue weighted by molar-refractivity contribution is 5.96. The van der Waals surface area contributed by atoms with Crippen LogP contribution < -0.4 is 10.6 Å². The highest BCUT2D eigenvalue weighted by Crippen LogP contribution is 2.29. The molecule has 3 amide bonds. The van der Waals surface area contributed by atoms with Crippen LogP contribution in [0.4, 0.5) is 28.9 Å². The van der Waals surface area contributed by atoms with Crippen molar-refractivity contribution in [1.29, 1.82) is 0 Å². The maximum absolute atomic E-state index is 14.0. The number of anilines is 2. The van der Waals surface area contributed by atoms with Gasteiger partial charge in [0, 0.05) is 37.2 Å². The number of carbonyl (C=O) groups is 3. The van der Waals surface area contributed by atoms with E-state index in [0.717, 1.165) is 30.3 Å². The molecule has 2 aromatic carbocycles. The lowest BCUT2D eigenvalue weighted by Gasteiger charge is -2.31. The Labute approximate surface area is 181 Å². The van der Waals surface area contributed by atoms with Gasteiger partial charge in [0.1, 0.15) is 5.82 Å². The number of nitrogens with one attached hydrogen (secondary N) is 2. The van der Waals surface area contributed by atoms with Crippen LogP contribution in [-0.4, -0.2) is 35.7 Å². The molecule has 0 bridgehead atoms. The molecule has 1 aliphatic rings. The van der Waals surface area contributed by atoms with Crippen molar-refractivity contribution in [2.45, 2.75) is 25.9 Å². The van der Waals surface area contributed by atoms with Crippen LogP contribution in [-0.2, 0) is 15.8 Å². The Morgan fingerprint density at radius 1 is 0.969 bits per heavy atom. The van der Waals surface area contributed by atoms with E-state index in [1.54, 1.807) is 0 Å². The van der Waals surface area contributed by atoms with Gasteiger partial charge >= 0.3 is 6.18 Å². The van der Waals surface area contributed by atoms with Gasteiger partial charge in [-0.05, 0) is 55.3 Å². The number of hydrogen-bond acceptors (Lipinski definition) is 3. The van der Waals surface area contributed by atoms with Crippen molar-refractivity contribution in [3.63, 3.8) is 0 Å². The molecule has 1 fully saturated rings. The van der Waals surface area contributed by atoms with Crippen LogP contribution in [0.2, 0.25) is 0 Å². The Hall–Kier alpha value is -3.43. The summed E-state index contributed by atoms with van der Waals surface area (Å²) in [5.41, 5.74) is -0.423. The molecular weight excluding hydrogens is 430 g/mol. The molecule has 0 aromatic heterocycles. The van der Waals surface area contributed by atoms with Gasteiger partial charge in [0.15, 0.2) is 0 Å². The Morgan fingerprint density at radius 3 is 2.16 bits per heavy atom. The van der Waals surface area contributed by atoms with Gasteiger partial charge in [-0.3, -0.25) is 14.4 Å². The van der Waals surface area contributed by atoms with Crippen LogP contribution in [0.5, 0.6) is 0 Å². The second-order valence-electron chi connectivity index (χ2n) is 7.51. The lowest BCUT2D eigenvalue weighted by atomic mass is 9.95. The Bertz CT molecular complexity index is 1010. The number of amides is 3. The number of carbonyl (C=O) groups excluding carboxylic acids is 3. The fourth-order valence-corrected chi connectivity index (χ4v) is 3.47. The van der Waals surface area contributed by atoms with Gasteiger partial charge in [0.05, 0.1) is 11.3 Å². The summed E-state index contributed by atoms with van der Waals surface area (Å²) in [5, 5.41) is 5.02. The van der Waals surface area contributed by atoms with E-state index in [0.29, 0.717) is 18.5 Å². The van der Waals surface area contributed by atoms with Crippen LogP contribution in [0.25, 0.3) is 0 Å². The molecule has 2 N–H and O–H groups in total. The molecule has 0 spiro atoms. The first-order chi connectivity index (χ1) is 15.0. The number of rotatable bonds is 4. The summed E-state index contributed by atoms with van der Waals surface area (Å²) in [5.74, 6) is -2.27. The lowest BCUT2D eigenvalue weighted by Crippen LogP contribution is -2.41. The molecule has 1 saturated heterocycles. The number of alkyl halides is 3. The zero-order chi connectivity index (χ0) is 23.5. The summed E-state index contributed by atoms with van der Waals surface area (Å²) in [4.78, 5) is 37.7. The third kappa shape index (κ3) is 5.63. The van der Waals surface area contributed by atoms with Gasteiger partial charge in [-0.15, -0.1) is 0 Å². The summed E-state index contributed by atoms with van der Waals surface area (Å²) in [6.07, 6.45) is -3.83. The normalized spacial score (nSPS) is 14.7. The Balaban J connectivity index is 1.58. The maximum Gasteiger partial charge on any atom is 0.416 e. The standard InChI is InChI=1S/C22H21F4N3O3/c1-13(30)27-17-6-7-18(23)19(12-17)28-20(31)14-8-10-29(11-9-14)21(32)15-2-4-16(5-3-15)22(24,25)26/h2-7,12,14H,8-11H2,1H3,(H,27,30)(H,28,31). The number of benzene rings is 2. The molecule has 32 heavy (non-hydrogen) atoms. The minimum absolute atomic E-state index is 0.0653. The van der Waals surface area contributed by atoms with E-state index in [4.69, 9.17) is 0 Å². The molecule has 1 aliphatic heterocycles. The van der Waals surface area contributed by atoms with Crippen molar-refractivity contribution in [2.75, 3.05) is 23.7 Å². The average molecular weight is 451 g/mol. The fourth-order valence-electron chi connectivity index (χ4n) is 3.47. The van der Waals surface area contributed by atoms with Crippen molar-refractivity contribution >= 4 is 29.1 Å². The molecule has 0 unspecified atom stereocenters. The van der Waals surface area contributed by atoms with E-state index in [9.17, 15) is 31.9 Å². The number of nitrogens with zero attached hydrogens (tertiary/aromatic N) is 1. The van der Waals surface area contributed by atoms with E-state index in [-0.39, 0.29) is 30.2 Å². The largest absolute Gasteiger partial charge is 0.416 e. The van der Waals surface area contributed by atoms with Gasteiger partial charge in [0.25, 0.3) is 5.91 Å². The van der Waals surface area contributed by atoms with Crippen molar-refractivity contribution in [3.8, 4) is 0 Å². The fraction of sp³-hybridized carbons (Fsp3) is 0.318. The molecule has 6 nitrogen and oxygen atoms in total. The molecule has 0 aliphatic carbocycles. The first-order valence-corrected chi connectivity index (χ1v) is 9.89. The van der Waals surface area contributed by atoms with Crippen molar-refractivity contribution < 1.29 is 31.9 Å². The van der Waals surface area contributed by atoms with Crippen LogP contribution >= 0.6 is 0 Å². The minimum Gasteiger partial charge on any atom is -0.339 e. The number of likely N-dealkylation sites (tertiary alicyclic amines) is 1. The molecule has 3 rings (SSSR count). The van der Waals surface area contributed by atoms with Crippen LogP contribution in [0.15, 0.2) is 42.5 Å². The first kappa shape index (κ1) is 23.2. The molecule has 170 valence electrons. The molecule has 10 heteroatoms. The third-order valence-corrected chi connectivity index (χ3v) is 5.16. The summed E-state index contributed by atoms with van der Waals surface area (Å²) >= 11 is 0. The van der Waals surface area contributed by atoms with Gasteiger partial charge in [-0.25, -0.2) is 4.39 Å². The molecule has 2 aromatic rings. The molecular formula is C22H21F4N3O3. The van der Waals surface area contributed by atoms with Crippen molar-refractivity contribution in [3.05, 3.63) is 59.4 Å². The van der Waals surface area contributed by atoms with E-state index >= 15 is 0 Å². The van der Waals surface area contributed by atoms with Crippen molar-refractivity contribution in [1.82, 2.24) is 4.90 Å². The average Bonchev–Trinajstić information content (AvgIpc) is 2.75. The zero-order valence-electron chi connectivity index (χ0n) is 17.1. The molecule has 0 saturated carbocycles. The molecule has 1 heterocycles. The van der Waals surface area contributed by atoms with Gasteiger partial charge in [0.2, 0.25) is 11.8 Å². The van der Waals surface area contributed by atoms with E-state index in [1.807, 2.05) is 0 Å².